The first-order chi connectivity index (χ1) is 20.6. The maximum absolute atomic E-state index is 12.4. The molecule has 228 valence electrons. The van der Waals surface area contributed by atoms with Crippen LogP contribution >= 0.6 is 0 Å². The van der Waals surface area contributed by atoms with Gasteiger partial charge in [0.25, 0.3) is 0 Å². The normalized spacial score (nSPS) is 20.5. The lowest BCUT2D eigenvalue weighted by Gasteiger charge is -2.25. The summed E-state index contributed by atoms with van der Waals surface area (Å²) in [6.45, 7) is 5.72. The Bertz CT molecular complexity index is 1340. The maximum Gasteiger partial charge on any atom is 0.224 e. The third-order valence-corrected chi connectivity index (χ3v) is 10.4. The predicted molar refractivity (Wildman–Crippen MR) is 171 cm³/mol. The minimum Gasteiger partial charge on any atom is -0.393 e. The fourth-order valence-electron chi connectivity index (χ4n) is 6.06. The molecule has 2 saturated carbocycles. The maximum atomic E-state index is 12.4. The van der Waals surface area contributed by atoms with Gasteiger partial charge in [-0.25, -0.2) is 9.67 Å². The second-order valence-electron chi connectivity index (χ2n) is 11.6. The molecule has 2 aliphatic rings. The lowest BCUT2D eigenvalue weighted by atomic mass is 9.93. The molecule has 2 fully saturated rings. The Morgan fingerprint density at radius 1 is 1.07 bits per heavy atom. The van der Waals surface area contributed by atoms with Crippen LogP contribution in [0.4, 0.5) is 5.95 Å². The molecule has 1 unspecified atom stereocenters. The lowest BCUT2D eigenvalue weighted by Crippen LogP contribution is -2.36. The number of anilines is 1. The summed E-state index contributed by atoms with van der Waals surface area (Å²) in [4.78, 5) is 23.1. The standard InChI is InChI=1S/C32H47N7O2S/c1-3-5-20-33-32-34-22-28-30(38-39(31(28)37-32)25-13-15-26(40)16-14-25)23-11-17-27(18-12-23)42(4-2)35-21-19-29(41)36-24-9-7-6-8-10-24/h11-12,17-18,22,24-26,40H,3-10,13-16,19-21H2,1-2H3,(H,36,41)(H,33,34,37). The first-order valence-electron chi connectivity index (χ1n) is 16.0. The summed E-state index contributed by atoms with van der Waals surface area (Å²) in [5.41, 5.74) is 2.76. The molecule has 1 aromatic carbocycles. The van der Waals surface area contributed by atoms with Crippen molar-refractivity contribution in [1.82, 2.24) is 25.1 Å². The average Bonchev–Trinajstić information content (AvgIpc) is 3.39. The third-order valence-electron chi connectivity index (χ3n) is 8.50. The van der Waals surface area contributed by atoms with Gasteiger partial charge in [-0.2, -0.15) is 10.1 Å². The predicted octanol–water partition coefficient (Wildman–Crippen LogP) is 6.20. The zero-order valence-corrected chi connectivity index (χ0v) is 26.0. The number of aliphatic hydroxyl groups is 1. The Balaban J connectivity index is 1.32. The number of benzene rings is 1. The number of nitrogens with one attached hydrogen (secondary N) is 2. The fraction of sp³-hybridized carbons (Fsp3) is 0.625. The molecule has 0 radical (unpaired) electrons. The quantitative estimate of drug-likeness (QED) is 0.215. The summed E-state index contributed by atoms with van der Waals surface area (Å²) in [5.74, 6) is 1.67. The highest BCUT2D eigenvalue weighted by Gasteiger charge is 2.25. The van der Waals surface area contributed by atoms with Gasteiger partial charge in [0.15, 0.2) is 5.65 Å². The molecule has 3 aromatic rings. The Hall–Kier alpha value is -2.85. The highest BCUT2D eigenvalue weighted by atomic mass is 32.2. The van der Waals surface area contributed by atoms with Crippen LogP contribution in [0, 0.1) is 0 Å². The summed E-state index contributed by atoms with van der Waals surface area (Å²) in [7, 11) is -0.256. The van der Waals surface area contributed by atoms with Gasteiger partial charge in [-0.05, 0) is 57.1 Å². The fourth-order valence-corrected chi connectivity index (χ4v) is 7.49. The number of rotatable bonds is 12. The van der Waals surface area contributed by atoms with Crippen LogP contribution in [0.25, 0.3) is 22.3 Å². The van der Waals surface area contributed by atoms with Crippen molar-refractivity contribution < 1.29 is 9.90 Å². The summed E-state index contributed by atoms with van der Waals surface area (Å²) in [6, 6.07) is 9.11. The highest BCUT2D eigenvalue weighted by Crippen LogP contribution is 2.35. The summed E-state index contributed by atoms with van der Waals surface area (Å²) in [6.07, 6.45) is 13.6. The molecule has 9 nitrogen and oxygen atoms in total. The van der Waals surface area contributed by atoms with E-state index in [0.29, 0.717) is 25.0 Å². The van der Waals surface area contributed by atoms with Crippen LogP contribution in [0.5, 0.6) is 0 Å². The van der Waals surface area contributed by atoms with E-state index in [2.05, 4.69) is 58.4 Å². The van der Waals surface area contributed by atoms with Gasteiger partial charge in [-0.15, -0.1) is 0 Å². The van der Waals surface area contributed by atoms with Crippen LogP contribution in [-0.2, 0) is 15.5 Å². The average molecular weight is 594 g/mol. The molecule has 42 heavy (non-hydrogen) atoms. The molecular formula is C32H47N7O2S. The van der Waals surface area contributed by atoms with Gasteiger partial charge in [-0.1, -0.05) is 62.4 Å². The van der Waals surface area contributed by atoms with E-state index in [9.17, 15) is 9.90 Å². The van der Waals surface area contributed by atoms with E-state index in [1.54, 1.807) is 0 Å². The lowest BCUT2D eigenvalue weighted by molar-refractivity contribution is -0.121. The molecule has 0 spiro atoms. The first-order valence-corrected chi connectivity index (χ1v) is 17.4. The molecule has 5 rings (SSSR count). The minimum atomic E-state index is -0.256. The van der Waals surface area contributed by atoms with E-state index in [1.807, 2.05) is 6.20 Å². The Morgan fingerprint density at radius 2 is 1.83 bits per heavy atom. The molecule has 3 N–H and O–H groups in total. The van der Waals surface area contributed by atoms with Gasteiger partial charge in [0.05, 0.1) is 24.1 Å². The molecule has 2 aromatic heterocycles. The number of amides is 1. The number of aromatic nitrogens is 4. The van der Waals surface area contributed by atoms with Crippen LogP contribution in [-0.4, -0.2) is 61.8 Å². The zero-order valence-electron chi connectivity index (χ0n) is 25.2. The highest BCUT2D eigenvalue weighted by molar-refractivity contribution is 7.87. The van der Waals surface area contributed by atoms with E-state index in [4.69, 9.17) is 14.4 Å². The molecule has 0 aliphatic heterocycles. The Labute approximate surface area is 252 Å². The second-order valence-corrected chi connectivity index (χ2v) is 13.7. The van der Waals surface area contributed by atoms with Crippen LogP contribution in [0.15, 0.2) is 39.7 Å². The van der Waals surface area contributed by atoms with Crippen LogP contribution in [0.3, 0.4) is 0 Å². The number of fused-ring (bicyclic) bond motifs is 1. The van der Waals surface area contributed by atoms with Crippen molar-refractivity contribution in [1.29, 1.82) is 0 Å². The second kappa shape index (κ2) is 15.0. The molecule has 10 heteroatoms. The van der Waals surface area contributed by atoms with Crippen molar-refractivity contribution in [3.8, 4) is 11.3 Å². The van der Waals surface area contributed by atoms with E-state index < -0.39 is 0 Å². The number of hydrogen-bond donors (Lipinski definition) is 3. The minimum absolute atomic E-state index is 0.126. The number of carbonyl (C=O) groups excluding carboxylic acids is 1. The smallest absolute Gasteiger partial charge is 0.224 e. The van der Waals surface area contributed by atoms with Gasteiger partial charge in [-0.3, -0.25) is 9.16 Å². The Kier molecular flexibility index (Phi) is 11.0. The SMILES string of the molecule is CCCCNc1ncc2c(-c3ccc(S(CC)=NCCC(=O)NC4CCCCC4)cc3)nn(C3CCC(O)CC3)c2n1. The summed E-state index contributed by atoms with van der Waals surface area (Å²) < 4.78 is 6.98. The van der Waals surface area contributed by atoms with Crippen molar-refractivity contribution in [2.24, 2.45) is 4.36 Å². The molecule has 2 aliphatic carbocycles. The molecule has 1 atom stereocenters. The van der Waals surface area contributed by atoms with Crippen molar-refractivity contribution in [2.75, 3.05) is 24.2 Å². The molecule has 2 heterocycles. The van der Waals surface area contributed by atoms with E-state index >= 15 is 0 Å². The number of nitrogens with zero attached hydrogens (tertiary/aromatic N) is 5. The third kappa shape index (κ3) is 7.75. The number of hydrogen-bond acceptors (Lipinski definition) is 7. The molecular weight excluding hydrogens is 546 g/mol. The van der Waals surface area contributed by atoms with Crippen LogP contribution < -0.4 is 10.6 Å². The number of carbonyl (C=O) groups is 1. The largest absolute Gasteiger partial charge is 0.393 e. The van der Waals surface area contributed by atoms with Crippen molar-refractivity contribution in [3.05, 3.63) is 30.5 Å². The van der Waals surface area contributed by atoms with Gasteiger partial charge < -0.3 is 15.7 Å². The van der Waals surface area contributed by atoms with Gasteiger partial charge in [0, 0.05) is 41.4 Å². The Morgan fingerprint density at radius 3 is 2.55 bits per heavy atom. The number of aliphatic hydroxyl groups excluding tert-OH is 1. The topological polar surface area (TPSA) is 117 Å². The van der Waals surface area contributed by atoms with E-state index in [1.165, 1.54) is 24.2 Å². The van der Waals surface area contributed by atoms with Gasteiger partial charge >= 0.3 is 0 Å². The van der Waals surface area contributed by atoms with E-state index in [0.717, 1.165) is 86.0 Å². The van der Waals surface area contributed by atoms with Crippen molar-refractivity contribution in [2.45, 2.75) is 114 Å². The van der Waals surface area contributed by atoms with Crippen molar-refractivity contribution >= 4 is 33.6 Å². The molecule has 1 amide bonds. The van der Waals surface area contributed by atoms with Gasteiger partial charge in [0.2, 0.25) is 11.9 Å². The zero-order chi connectivity index (χ0) is 29.3. The van der Waals surface area contributed by atoms with Crippen molar-refractivity contribution in [3.63, 3.8) is 0 Å². The molecule has 0 bridgehead atoms. The number of unbranched alkanes of at least 4 members (excludes halogenated alkanes) is 1. The van der Waals surface area contributed by atoms with Crippen LogP contribution in [0.2, 0.25) is 0 Å². The summed E-state index contributed by atoms with van der Waals surface area (Å²) in [5, 5.41) is 22.7. The van der Waals surface area contributed by atoms with Gasteiger partial charge in [0.1, 0.15) is 5.69 Å². The monoisotopic (exact) mass is 593 g/mol. The van der Waals surface area contributed by atoms with Crippen LogP contribution in [0.1, 0.15) is 96.9 Å². The molecule has 0 saturated heterocycles. The summed E-state index contributed by atoms with van der Waals surface area (Å²) >= 11 is 0. The van der Waals surface area contributed by atoms with E-state index in [-0.39, 0.29) is 28.7 Å². The first kappa shape index (κ1) is 30.6.